The van der Waals surface area contributed by atoms with E-state index >= 15 is 0 Å². The molecule has 26 heavy (non-hydrogen) atoms. The standard InChI is InChI=1S/C18H23NO7/c1-10(17(21)22)25-15-13(19-11(2)20)8-23-14-9-24-18(26-16(14)15)12-6-4-3-5-7-12/h3-7,10,13-16,18H,8-9H2,1-2H3,(H,19,20)(H,21,22)/t10-,13?,14?,15?,16?,18?/m1/s1. The molecule has 0 radical (unpaired) electrons. The molecule has 1 aromatic carbocycles. The first-order valence-electron chi connectivity index (χ1n) is 8.54. The van der Waals surface area contributed by atoms with Crippen molar-refractivity contribution in [2.75, 3.05) is 13.2 Å². The van der Waals surface area contributed by atoms with Crippen molar-refractivity contribution in [2.45, 2.75) is 50.6 Å². The summed E-state index contributed by atoms with van der Waals surface area (Å²) in [5.74, 6) is -1.33. The minimum absolute atomic E-state index is 0.195. The molecule has 8 heteroatoms. The maximum Gasteiger partial charge on any atom is 0.332 e. The van der Waals surface area contributed by atoms with Crippen LogP contribution in [0.25, 0.3) is 0 Å². The summed E-state index contributed by atoms with van der Waals surface area (Å²) in [7, 11) is 0. The van der Waals surface area contributed by atoms with E-state index in [2.05, 4.69) is 5.32 Å². The third-order valence-corrected chi connectivity index (χ3v) is 4.44. The van der Waals surface area contributed by atoms with Gasteiger partial charge in [0.15, 0.2) is 12.4 Å². The fourth-order valence-corrected chi connectivity index (χ4v) is 3.17. The highest BCUT2D eigenvalue weighted by Crippen LogP contribution is 2.33. The van der Waals surface area contributed by atoms with Gasteiger partial charge in [-0.1, -0.05) is 30.3 Å². The number of fused-ring (bicyclic) bond motifs is 1. The Balaban J connectivity index is 1.80. The zero-order valence-corrected chi connectivity index (χ0v) is 14.7. The summed E-state index contributed by atoms with van der Waals surface area (Å²) in [6.45, 7) is 3.33. The fourth-order valence-electron chi connectivity index (χ4n) is 3.17. The lowest BCUT2D eigenvalue weighted by Gasteiger charge is -2.46. The Morgan fingerprint density at radius 2 is 1.96 bits per heavy atom. The number of hydrogen-bond donors (Lipinski definition) is 2. The van der Waals surface area contributed by atoms with Gasteiger partial charge in [-0.25, -0.2) is 4.79 Å². The van der Waals surface area contributed by atoms with Gasteiger partial charge < -0.3 is 29.4 Å². The van der Waals surface area contributed by atoms with Crippen LogP contribution in [-0.2, 0) is 28.5 Å². The Kier molecular flexibility index (Phi) is 5.87. The Labute approximate surface area is 151 Å². The van der Waals surface area contributed by atoms with E-state index in [1.807, 2.05) is 30.3 Å². The topological polar surface area (TPSA) is 103 Å². The molecule has 0 saturated carbocycles. The van der Waals surface area contributed by atoms with Gasteiger partial charge in [-0.2, -0.15) is 0 Å². The number of carbonyl (C=O) groups excluding carboxylic acids is 1. The van der Waals surface area contributed by atoms with E-state index in [0.717, 1.165) is 5.56 Å². The Hall–Kier alpha value is -2.00. The number of rotatable bonds is 5. The molecule has 0 aliphatic carbocycles. The Bertz CT molecular complexity index is 638. The van der Waals surface area contributed by atoms with E-state index in [0.29, 0.717) is 6.61 Å². The predicted octanol–water partition coefficient (Wildman–Crippen LogP) is 0.862. The van der Waals surface area contributed by atoms with Gasteiger partial charge in [0.25, 0.3) is 0 Å². The van der Waals surface area contributed by atoms with E-state index < -0.39 is 42.7 Å². The quantitative estimate of drug-likeness (QED) is 0.798. The molecule has 142 valence electrons. The molecule has 2 fully saturated rings. The van der Waals surface area contributed by atoms with E-state index in [9.17, 15) is 14.7 Å². The van der Waals surface area contributed by atoms with Crippen LogP contribution in [0.15, 0.2) is 30.3 Å². The molecular weight excluding hydrogens is 342 g/mol. The van der Waals surface area contributed by atoms with Crippen LogP contribution in [0.2, 0.25) is 0 Å². The van der Waals surface area contributed by atoms with Crippen molar-refractivity contribution in [3.63, 3.8) is 0 Å². The first-order valence-corrected chi connectivity index (χ1v) is 8.54. The van der Waals surface area contributed by atoms with Crippen LogP contribution in [0.4, 0.5) is 0 Å². The number of aliphatic carboxylic acids is 1. The summed E-state index contributed by atoms with van der Waals surface area (Å²) in [4.78, 5) is 22.8. The average Bonchev–Trinajstić information content (AvgIpc) is 2.63. The molecule has 8 nitrogen and oxygen atoms in total. The number of carboxylic acids is 1. The third kappa shape index (κ3) is 4.21. The first-order chi connectivity index (χ1) is 12.5. The van der Waals surface area contributed by atoms with Crippen molar-refractivity contribution < 1.29 is 33.6 Å². The maximum atomic E-state index is 11.5. The van der Waals surface area contributed by atoms with Gasteiger partial charge in [-0.15, -0.1) is 0 Å². The second-order valence-electron chi connectivity index (χ2n) is 6.44. The number of ether oxygens (including phenoxy) is 4. The lowest BCUT2D eigenvalue weighted by molar-refractivity contribution is -0.310. The molecule has 0 aromatic heterocycles. The van der Waals surface area contributed by atoms with Gasteiger partial charge in [-0.05, 0) is 6.92 Å². The van der Waals surface area contributed by atoms with Gasteiger partial charge in [0, 0.05) is 12.5 Å². The third-order valence-electron chi connectivity index (χ3n) is 4.44. The second kappa shape index (κ2) is 8.13. The SMILES string of the molecule is CC(=O)NC1COC2COC(c3ccccc3)OC2C1O[C@H](C)C(=O)O. The van der Waals surface area contributed by atoms with Crippen LogP contribution < -0.4 is 5.32 Å². The second-order valence-corrected chi connectivity index (χ2v) is 6.44. The predicted molar refractivity (Wildman–Crippen MR) is 89.3 cm³/mol. The normalized spacial score (nSPS) is 32.3. The van der Waals surface area contributed by atoms with Gasteiger partial charge in [0.2, 0.25) is 5.91 Å². The number of carbonyl (C=O) groups is 2. The summed E-state index contributed by atoms with van der Waals surface area (Å²) >= 11 is 0. The lowest BCUT2D eigenvalue weighted by atomic mass is 9.96. The van der Waals surface area contributed by atoms with Crippen molar-refractivity contribution in [2.24, 2.45) is 0 Å². The Morgan fingerprint density at radius 1 is 1.23 bits per heavy atom. The van der Waals surface area contributed by atoms with Crippen molar-refractivity contribution in [1.82, 2.24) is 5.32 Å². The van der Waals surface area contributed by atoms with Crippen molar-refractivity contribution >= 4 is 11.9 Å². The number of benzene rings is 1. The monoisotopic (exact) mass is 365 g/mol. The lowest BCUT2D eigenvalue weighted by Crippen LogP contribution is -2.64. The highest BCUT2D eigenvalue weighted by atomic mass is 16.7. The van der Waals surface area contributed by atoms with Crippen LogP contribution in [0.1, 0.15) is 25.7 Å². The van der Waals surface area contributed by atoms with Crippen molar-refractivity contribution in [1.29, 1.82) is 0 Å². The molecule has 2 heterocycles. The van der Waals surface area contributed by atoms with Crippen LogP contribution in [-0.4, -0.2) is 60.7 Å². The van der Waals surface area contributed by atoms with Crippen molar-refractivity contribution in [3.8, 4) is 0 Å². The molecular formula is C18H23NO7. The zero-order chi connectivity index (χ0) is 18.7. The van der Waals surface area contributed by atoms with E-state index in [-0.39, 0.29) is 12.5 Å². The van der Waals surface area contributed by atoms with Crippen LogP contribution >= 0.6 is 0 Å². The van der Waals surface area contributed by atoms with E-state index in [1.165, 1.54) is 13.8 Å². The molecule has 2 aliphatic rings. The number of hydrogen-bond acceptors (Lipinski definition) is 6. The molecule has 2 N–H and O–H groups in total. The first kappa shape index (κ1) is 18.8. The molecule has 0 spiro atoms. The van der Waals surface area contributed by atoms with Crippen molar-refractivity contribution in [3.05, 3.63) is 35.9 Å². The molecule has 2 saturated heterocycles. The molecule has 5 unspecified atom stereocenters. The largest absolute Gasteiger partial charge is 0.479 e. The summed E-state index contributed by atoms with van der Waals surface area (Å²) in [6.07, 6.45) is -3.29. The summed E-state index contributed by atoms with van der Waals surface area (Å²) in [5.41, 5.74) is 0.845. The van der Waals surface area contributed by atoms with E-state index in [1.54, 1.807) is 0 Å². The highest BCUT2D eigenvalue weighted by Gasteiger charge is 2.47. The number of carboxylic acid groups (broad SMARTS) is 1. The maximum absolute atomic E-state index is 11.5. The molecule has 3 rings (SSSR count). The van der Waals surface area contributed by atoms with Gasteiger partial charge >= 0.3 is 5.97 Å². The molecule has 1 amide bonds. The zero-order valence-electron chi connectivity index (χ0n) is 14.7. The summed E-state index contributed by atoms with van der Waals surface area (Å²) in [6, 6.07) is 8.92. The van der Waals surface area contributed by atoms with Crippen LogP contribution in [0, 0.1) is 0 Å². The number of amides is 1. The van der Waals surface area contributed by atoms with Crippen LogP contribution in [0.3, 0.4) is 0 Å². The summed E-state index contributed by atoms with van der Waals surface area (Å²) < 4.78 is 23.3. The minimum Gasteiger partial charge on any atom is -0.479 e. The van der Waals surface area contributed by atoms with E-state index in [4.69, 9.17) is 18.9 Å². The molecule has 2 aliphatic heterocycles. The fraction of sp³-hybridized carbons (Fsp3) is 0.556. The molecule has 1 aromatic rings. The van der Waals surface area contributed by atoms with Gasteiger partial charge in [0.05, 0.1) is 19.3 Å². The Morgan fingerprint density at radius 3 is 2.62 bits per heavy atom. The highest BCUT2D eigenvalue weighted by molar-refractivity contribution is 5.73. The smallest absolute Gasteiger partial charge is 0.332 e. The summed E-state index contributed by atoms with van der Waals surface area (Å²) in [5, 5.41) is 12.0. The molecule has 0 bridgehead atoms. The van der Waals surface area contributed by atoms with Gasteiger partial charge in [-0.3, -0.25) is 4.79 Å². The molecule has 6 atom stereocenters. The number of nitrogens with one attached hydrogen (secondary N) is 1. The minimum atomic E-state index is -1.08. The van der Waals surface area contributed by atoms with Gasteiger partial charge in [0.1, 0.15) is 18.3 Å². The average molecular weight is 365 g/mol. The van der Waals surface area contributed by atoms with Crippen LogP contribution in [0.5, 0.6) is 0 Å².